The van der Waals surface area contributed by atoms with Gasteiger partial charge in [-0.3, -0.25) is 4.79 Å². The molecule has 8 nitrogen and oxygen atoms in total. The summed E-state index contributed by atoms with van der Waals surface area (Å²) in [5.41, 5.74) is 0.950. The number of carbonyl (C=O) groups excluding carboxylic acids is 1. The van der Waals surface area contributed by atoms with Crippen LogP contribution in [0.4, 0.5) is 0 Å². The first kappa shape index (κ1) is 14.4. The Bertz CT molecular complexity index is 674. The first-order valence-corrected chi connectivity index (χ1v) is 8.03. The molecule has 1 amide bonds. The molecule has 8 heteroatoms. The van der Waals surface area contributed by atoms with Crippen molar-refractivity contribution in [1.82, 2.24) is 29.2 Å². The molecule has 23 heavy (non-hydrogen) atoms. The minimum absolute atomic E-state index is 0.111. The van der Waals surface area contributed by atoms with Gasteiger partial charge in [0, 0.05) is 38.4 Å². The van der Waals surface area contributed by atoms with Crippen molar-refractivity contribution >= 4 is 5.91 Å². The summed E-state index contributed by atoms with van der Waals surface area (Å²) >= 11 is 0. The molecule has 2 aromatic heterocycles. The monoisotopic (exact) mass is 316 g/mol. The van der Waals surface area contributed by atoms with Crippen molar-refractivity contribution in [3.63, 3.8) is 0 Å². The predicted octanol–water partition coefficient (Wildman–Crippen LogP) is 0.292. The fourth-order valence-corrected chi connectivity index (χ4v) is 3.26. The van der Waals surface area contributed by atoms with Crippen molar-refractivity contribution in [1.29, 1.82) is 0 Å². The van der Waals surface area contributed by atoms with Crippen LogP contribution in [0.2, 0.25) is 0 Å². The third-order valence-corrected chi connectivity index (χ3v) is 4.52. The Morgan fingerprint density at radius 2 is 2.17 bits per heavy atom. The number of nitrogens with zero attached hydrogens (tertiary/aromatic N) is 6. The van der Waals surface area contributed by atoms with Crippen LogP contribution in [0.25, 0.3) is 0 Å². The molecule has 2 aliphatic heterocycles. The highest BCUT2D eigenvalue weighted by atomic mass is 16.5. The fourth-order valence-electron chi connectivity index (χ4n) is 3.26. The fraction of sp³-hybridized carbons (Fsp3) is 0.600. The molecular weight excluding hydrogens is 296 g/mol. The standard InChI is InChI=1S/C15H20N6O2/c22-15(12-1-5-23-6-2-12)20-4-3-19-7-13(18-14(19)9-20)8-21-11-16-10-17-21/h7,10-12H,1-6,8-9H2. The number of aromatic nitrogens is 5. The summed E-state index contributed by atoms with van der Waals surface area (Å²) in [4.78, 5) is 23.2. The van der Waals surface area contributed by atoms with Gasteiger partial charge < -0.3 is 14.2 Å². The first-order chi connectivity index (χ1) is 11.3. The maximum atomic E-state index is 12.6. The van der Waals surface area contributed by atoms with Gasteiger partial charge in [-0.05, 0) is 12.8 Å². The van der Waals surface area contributed by atoms with Crippen molar-refractivity contribution in [3.05, 3.63) is 30.4 Å². The molecule has 2 aliphatic rings. The van der Waals surface area contributed by atoms with Crippen molar-refractivity contribution in [3.8, 4) is 0 Å². The average molecular weight is 316 g/mol. The summed E-state index contributed by atoms with van der Waals surface area (Å²) in [6.45, 7) is 4.14. The van der Waals surface area contributed by atoms with Crippen molar-refractivity contribution in [2.24, 2.45) is 5.92 Å². The van der Waals surface area contributed by atoms with Gasteiger partial charge in [0.2, 0.25) is 5.91 Å². The second-order valence-corrected chi connectivity index (χ2v) is 6.08. The summed E-state index contributed by atoms with van der Waals surface area (Å²) in [5.74, 6) is 1.31. The van der Waals surface area contributed by atoms with E-state index in [2.05, 4.69) is 19.6 Å². The number of fused-ring (bicyclic) bond motifs is 1. The van der Waals surface area contributed by atoms with E-state index in [-0.39, 0.29) is 11.8 Å². The van der Waals surface area contributed by atoms with Crippen molar-refractivity contribution < 1.29 is 9.53 Å². The Kier molecular flexibility index (Phi) is 3.82. The van der Waals surface area contributed by atoms with Gasteiger partial charge >= 0.3 is 0 Å². The van der Waals surface area contributed by atoms with Crippen LogP contribution in [0.5, 0.6) is 0 Å². The Hall–Kier alpha value is -2.22. The molecule has 0 saturated carbocycles. The molecule has 122 valence electrons. The molecule has 2 aromatic rings. The van der Waals surface area contributed by atoms with Crippen molar-refractivity contribution in [2.75, 3.05) is 19.8 Å². The van der Waals surface area contributed by atoms with Gasteiger partial charge in [-0.1, -0.05) is 0 Å². The maximum absolute atomic E-state index is 12.6. The molecule has 1 fully saturated rings. The molecule has 1 saturated heterocycles. The van der Waals surface area contributed by atoms with E-state index in [1.165, 1.54) is 6.33 Å². The molecule has 0 atom stereocenters. The molecule has 0 aromatic carbocycles. The number of hydrogen-bond acceptors (Lipinski definition) is 5. The van der Waals surface area contributed by atoms with E-state index in [9.17, 15) is 4.79 Å². The van der Waals surface area contributed by atoms with E-state index < -0.39 is 0 Å². The number of hydrogen-bond donors (Lipinski definition) is 0. The number of carbonyl (C=O) groups is 1. The van der Waals surface area contributed by atoms with Crippen LogP contribution in [0, 0.1) is 5.92 Å². The summed E-state index contributed by atoms with van der Waals surface area (Å²) in [6.07, 6.45) is 6.92. The van der Waals surface area contributed by atoms with Gasteiger partial charge in [0.1, 0.15) is 18.5 Å². The zero-order valence-electron chi connectivity index (χ0n) is 13.0. The highest BCUT2D eigenvalue weighted by Gasteiger charge is 2.29. The Morgan fingerprint density at radius 1 is 1.30 bits per heavy atom. The molecule has 0 unspecified atom stereocenters. The van der Waals surface area contributed by atoms with E-state index in [0.717, 1.165) is 37.4 Å². The lowest BCUT2D eigenvalue weighted by molar-refractivity contribution is -0.140. The van der Waals surface area contributed by atoms with Gasteiger partial charge in [0.25, 0.3) is 0 Å². The lowest BCUT2D eigenvalue weighted by Gasteiger charge is -2.32. The van der Waals surface area contributed by atoms with Gasteiger partial charge in [-0.15, -0.1) is 0 Å². The van der Waals surface area contributed by atoms with Crippen LogP contribution in [-0.2, 0) is 29.2 Å². The Morgan fingerprint density at radius 3 is 2.96 bits per heavy atom. The van der Waals surface area contributed by atoms with Crippen LogP contribution in [0.3, 0.4) is 0 Å². The van der Waals surface area contributed by atoms with E-state index in [0.29, 0.717) is 26.3 Å². The molecule has 0 N–H and O–H groups in total. The van der Waals surface area contributed by atoms with Gasteiger partial charge in [-0.25, -0.2) is 14.6 Å². The van der Waals surface area contributed by atoms with Crippen molar-refractivity contribution in [2.45, 2.75) is 32.5 Å². The smallest absolute Gasteiger partial charge is 0.226 e. The number of ether oxygens (including phenoxy) is 1. The summed E-state index contributed by atoms with van der Waals surface area (Å²) in [7, 11) is 0. The number of imidazole rings is 1. The molecule has 0 radical (unpaired) electrons. The van der Waals surface area contributed by atoms with E-state index in [1.807, 2.05) is 11.1 Å². The zero-order chi connectivity index (χ0) is 15.6. The quantitative estimate of drug-likeness (QED) is 0.813. The van der Waals surface area contributed by atoms with Gasteiger partial charge in [0.15, 0.2) is 0 Å². The minimum Gasteiger partial charge on any atom is -0.381 e. The van der Waals surface area contributed by atoms with Crippen LogP contribution >= 0.6 is 0 Å². The summed E-state index contributed by atoms with van der Waals surface area (Å²) in [5, 5.41) is 4.10. The Balaban J connectivity index is 1.44. The Labute approximate surface area is 134 Å². The summed E-state index contributed by atoms with van der Waals surface area (Å²) in [6, 6.07) is 0. The highest BCUT2D eigenvalue weighted by molar-refractivity contribution is 5.79. The second kappa shape index (κ2) is 6.11. The van der Waals surface area contributed by atoms with Crippen LogP contribution in [-0.4, -0.2) is 54.9 Å². The predicted molar refractivity (Wildman–Crippen MR) is 80.3 cm³/mol. The third-order valence-electron chi connectivity index (χ3n) is 4.52. The highest BCUT2D eigenvalue weighted by Crippen LogP contribution is 2.21. The lowest BCUT2D eigenvalue weighted by Crippen LogP contribution is -2.42. The molecule has 0 aliphatic carbocycles. The number of amides is 1. The largest absolute Gasteiger partial charge is 0.381 e. The van der Waals surface area contributed by atoms with Crippen LogP contribution in [0.1, 0.15) is 24.4 Å². The lowest BCUT2D eigenvalue weighted by atomic mass is 9.98. The minimum atomic E-state index is 0.111. The molecule has 4 heterocycles. The van der Waals surface area contributed by atoms with E-state index >= 15 is 0 Å². The molecular formula is C15H20N6O2. The SMILES string of the molecule is O=C(C1CCOCC1)N1CCn2cc(Cn3cncn3)nc2C1. The van der Waals surface area contributed by atoms with Crippen LogP contribution < -0.4 is 0 Å². The zero-order valence-corrected chi connectivity index (χ0v) is 13.0. The maximum Gasteiger partial charge on any atom is 0.226 e. The van der Waals surface area contributed by atoms with E-state index in [4.69, 9.17) is 4.74 Å². The van der Waals surface area contributed by atoms with Crippen LogP contribution in [0.15, 0.2) is 18.9 Å². The third kappa shape index (κ3) is 2.98. The molecule has 4 rings (SSSR count). The number of rotatable bonds is 3. The molecule has 0 spiro atoms. The molecule has 0 bridgehead atoms. The topological polar surface area (TPSA) is 78.1 Å². The summed E-state index contributed by atoms with van der Waals surface area (Å²) < 4.78 is 9.23. The second-order valence-electron chi connectivity index (χ2n) is 6.08. The average Bonchev–Trinajstić information content (AvgIpc) is 3.23. The van der Waals surface area contributed by atoms with Gasteiger partial charge in [-0.2, -0.15) is 5.10 Å². The van der Waals surface area contributed by atoms with E-state index in [1.54, 1.807) is 11.0 Å². The van der Waals surface area contributed by atoms with Gasteiger partial charge in [0.05, 0.1) is 18.8 Å². The normalized spacial score (nSPS) is 18.9. The first-order valence-electron chi connectivity index (χ1n) is 8.03.